The molecule has 0 spiro atoms. The Morgan fingerprint density at radius 2 is 1.94 bits per heavy atom. The molecule has 1 unspecified atom stereocenters. The van der Waals surface area contributed by atoms with Crippen molar-refractivity contribution in [1.29, 1.82) is 0 Å². The number of ether oxygens (including phenoxy) is 2. The van der Waals surface area contributed by atoms with E-state index < -0.39 is 11.9 Å². The lowest BCUT2D eigenvalue weighted by Crippen LogP contribution is -2.21. The predicted molar refractivity (Wildman–Crippen MR) is 58.6 cm³/mol. The van der Waals surface area contributed by atoms with Crippen LogP contribution in [0.5, 0.6) is 0 Å². The van der Waals surface area contributed by atoms with Crippen LogP contribution in [0, 0.1) is 5.92 Å². The Labute approximate surface area is 94.9 Å². The quantitative estimate of drug-likeness (QED) is 0.540. The van der Waals surface area contributed by atoms with Crippen LogP contribution in [0.4, 0.5) is 0 Å². The third-order valence-electron chi connectivity index (χ3n) is 2.66. The second-order valence-electron chi connectivity index (χ2n) is 3.52. The highest BCUT2D eigenvalue weighted by Gasteiger charge is 2.28. The van der Waals surface area contributed by atoms with Gasteiger partial charge >= 0.3 is 11.9 Å². The molecule has 0 radical (unpaired) electrons. The number of esters is 2. The Morgan fingerprint density at radius 1 is 1.31 bits per heavy atom. The Balaban J connectivity index is 3.15. The smallest absolute Gasteiger partial charge is 0.334 e. The van der Waals surface area contributed by atoms with Crippen LogP contribution in [0.25, 0.3) is 0 Å². The van der Waals surface area contributed by atoms with Gasteiger partial charge in [0, 0.05) is 5.92 Å². The second-order valence-corrected chi connectivity index (χ2v) is 3.52. The van der Waals surface area contributed by atoms with E-state index in [1.165, 1.54) is 14.2 Å². The molecule has 0 amide bonds. The molecule has 0 saturated heterocycles. The van der Waals surface area contributed by atoms with Gasteiger partial charge < -0.3 is 9.47 Å². The molecule has 1 aliphatic carbocycles. The van der Waals surface area contributed by atoms with Crippen molar-refractivity contribution in [2.75, 3.05) is 14.2 Å². The van der Waals surface area contributed by atoms with Crippen molar-refractivity contribution in [3.8, 4) is 0 Å². The van der Waals surface area contributed by atoms with Gasteiger partial charge in [-0.25, -0.2) is 9.59 Å². The maximum atomic E-state index is 11.6. The van der Waals surface area contributed by atoms with Crippen molar-refractivity contribution in [3.05, 3.63) is 23.3 Å². The summed E-state index contributed by atoms with van der Waals surface area (Å²) in [5, 5.41) is 0. The number of allylic oxidation sites excluding steroid dienone is 2. The molecule has 0 fully saturated rings. The van der Waals surface area contributed by atoms with Gasteiger partial charge in [0.05, 0.1) is 25.4 Å². The summed E-state index contributed by atoms with van der Waals surface area (Å²) < 4.78 is 9.38. The summed E-state index contributed by atoms with van der Waals surface area (Å²) >= 11 is 0. The van der Waals surface area contributed by atoms with E-state index in [4.69, 9.17) is 4.74 Å². The molecular weight excluding hydrogens is 208 g/mol. The first-order chi connectivity index (χ1) is 7.65. The van der Waals surface area contributed by atoms with Gasteiger partial charge in [0.1, 0.15) is 0 Å². The minimum absolute atomic E-state index is 0.0599. The van der Waals surface area contributed by atoms with Crippen LogP contribution in [-0.4, -0.2) is 26.2 Å². The monoisotopic (exact) mass is 224 g/mol. The Bertz CT molecular complexity index is 352. The number of carbonyl (C=O) groups is 2. The zero-order valence-corrected chi connectivity index (χ0v) is 9.78. The molecule has 0 aromatic heterocycles. The molecule has 16 heavy (non-hydrogen) atoms. The van der Waals surface area contributed by atoms with Crippen molar-refractivity contribution in [2.45, 2.75) is 19.8 Å². The summed E-state index contributed by atoms with van der Waals surface area (Å²) in [6, 6.07) is 0. The number of methoxy groups -OCH3 is 2. The number of carbonyl (C=O) groups excluding carboxylic acids is 2. The van der Waals surface area contributed by atoms with Crippen LogP contribution in [0.3, 0.4) is 0 Å². The molecule has 0 aromatic carbocycles. The molecule has 0 saturated carbocycles. The highest BCUT2D eigenvalue weighted by atomic mass is 16.5. The van der Waals surface area contributed by atoms with Gasteiger partial charge in [-0.15, -0.1) is 0 Å². The van der Waals surface area contributed by atoms with Crippen molar-refractivity contribution in [3.63, 3.8) is 0 Å². The molecule has 1 rings (SSSR count). The highest BCUT2D eigenvalue weighted by molar-refractivity contribution is 6.01. The molecule has 1 aliphatic rings. The van der Waals surface area contributed by atoms with E-state index in [9.17, 15) is 9.59 Å². The highest BCUT2D eigenvalue weighted by Crippen LogP contribution is 2.28. The van der Waals surface area contributed by atoms with E-state index in [-0.39, 0.29) is 5.92 Å². The average Bonchev–Trinajstić information content (AvgIpc) is 2.35. The molecule has 1 atom stereocenters. The first-order valence-corrected chi connectivity index (χ1v) is 5.22. The third kappa shape index (κ3) is 2.32. The zero-order chi connectivity index (χ0) is 12.1. The van der Waals surface area contributed by atoms with Gasteiger partial charge in [-0.2, -0.15) is 0 Å². The molecule has 4 nitrogen and oxygen atoms in total. The number of rotatable bonds is 3. The van der Waals surface area contributed by atoms with E-state index in [1.54, 1.807) is 0 Å². The van der Waals surface area contributed by atoms with Crippen LogP contribution < -0.4 is 0 Å². The minimum Gasteiger partial charge on any atom is -0.466 e. The fraction of sp³-hybridized carbons (Fsp3) is 0.500. The summed E-state index contributed by atoms with van der Waals surface area (Å²) in [5.74, 6) is -0.963. The van der Waals surface area contributed by atoms with Gasteiger partial charge in [-0.1, -0.05) is 19.1 Å². The molecule has 0 heterocycles. The zero-order valence-electron chi connectivity index (χ0n) is 9.78. The van der Waals surface area contributed by atoms with E-state index in [1.807, 2.05) is 19.1 Å². The molecule has 0 aliphatic heterocycles. The van der Waals surface area contributed by atoms with Crippen molar-refractivity contribution in [2.24, 2.45) is 5.92 Å². The summed E-state index contributed by atoms with van der Waals surface area (Å²) in [5.41, 5.74) is 0.836. The Morgan fingerprint density at radius 3 is 2.44 bits per heavy atom. The average molecular weight is 224 g/mol. The first-order valence-electron chi connectivity index (χ1n) is 5.22. The van der Waals surface area contributed by atoms with E-state index in [2.05, 4.69) is 4.74 Å². The molecule has 0 bridgehead atoms. The maximum absolute atomic E-state index is 11.6. The standard InChI is InChI=1S/C12H16O4/c1-4-8-6-5-7-9(11(13)15-2)10(8)12(14)16-3/h5-6,8H,4,7H2,1-3H3. The second kappa shape index (κ2) is 5.49. The van der Waals surface area contributed by atoms with E-state index in [0.717, 1.165) is 6.42 Å². The van der Waals surface area contributed by atoms with Crippen LogP contribution in [0.2, 0.25) is 0 Å². The summed E-state index contributed by atoms with van der Waals surface area (Å²) in [7, 11) is 2.62. The van der Waals surface area contributed by atoms with Gasteiger partial charge in [-0.05, 0) is 12.8 Å². The first kappa shape index (κ1) is 12.5. The van der Waals surface area contributed by atoms with Gasteiger partial charge in [0.15, 0.2) is 0 Å². The van der Waals surface area contributed by atoms with Crippen LogP contribution in [-0.2, 0) is 19.1 Å². The lowest BCUT2D eigenvalue weighted by atomic mass is 9.86. The topological polar surface area (TPSA) is 52.6 Å². The number of hydrogen-bond donors (Lipinski definition) is 0. The van der Waals surface area contributed by atoms with Crippen molar-refractivity contribution in [1.82, 2.24) is 0 Å². The van der Waals surface area contributed by atoms with Crippen LogP contribution in [0.1, 0.15) is 19.8 Å². The lowest BCUT2D eigenvalue weighted by Gasteiger charge is -2.20. The summed E-state index contributed by atoms with van der Waals surface area (Å²) in [4.78, 5) is 23.2. The van der Waals surface area contributed by atoms with Gasteiger partial charge in [0.25, 0.3) is 0 Å². The fourth-order valence-corrected chi connectivity index (χ4v) is 1.82. The minimum atomic E-state index is -0.455. The predicted octanol–water partition coefficient (Wildman–Crippen LogP) is 1.62. The molecule has 0 N–H and O–H groups in total. The largest absolute Gasteiger partial charge is 0.466 e. The van der Waals surface area contributed by atoms with Crippen molar-refractivity contribution >= 4 is 11.9 Å². The van der Waals surface area contributed by atoms with Crippen molar-refractivity contribution < 1.29 is 19.1 Å². The third-order valence-corrected chi connectivity index (χ3v) is 2.66. The van der Waals surface area contributed by atoms with E-state index in [0.29, 0.717) is 17.6 Å². The van der Waals surface area contributed by atoms with Crippen LogP contribution in [0.15, 0.2) is 23.3 Å². The SMILES string of the molecule is CCC1C=CCC(C(=O)OC)=C1C(=O)OC. The van der Waals surface area contributed by atoms with Gasteiger partial charge in [-0.3, -0.25) is 0 Å². The fourth-order valence-electron chi connectivity index (χ4n) is 1.82. The normalized spacial score (nSPS) is 19.6. The van der Waals surface area contributed by atoms with Crippen LogP contribution >= 0.6 is 0 Å². The van der Waals surface area contributed by atoms with Gasteiger partial charge in [0.2, 0.25) is 0 Å². The maximum Gasteiger partial charge on any atom is 0.334 e. The Hall–Kier alpha value is -1.58. The molecular formula is C12H16O4. The number of hydrogen-bond acceptors (Lipinski definition) is 4. The molecule has 0 aromatic rings. The molecule has 4 heteroatoms. The lowest BCUT2D eigenvalue weighted by molar-refractivity contribution is -0.139. The van der Waals surface area contributed by atoms with E-state index >= 15 is 0 Å². The summed E-state index contributed by atoms with van der Waals surface area (Å²) in [6.07, 6.45) is 4.99. The summed E-state index contributed by atoms with van der Waals surface area (Å²) in [6.45, 7) is 1.96. The Kier molecular flexibility index (Phi) is 4.28. The molecule has 88 valence electrons.